The predicted molar refractivity (Wildman–Crippen MR) is 148 cm³/mol. The van der Waals surface area contributed by atoms with Crippen LogP contribution in [-0.2, 0) is 24.1 Å². The van der Waals surface area contributed by atoms with Crippen molar-refractivity contribution in [3.05, 3.63) is 0 Å². The number of hydrogen-bond donors (Lipinski definition) is 2. The SMILES string of the molecule is CCC(CC)C1C(=O)OC(=O)C1CC(CC(C)C(OO)C1(C)C2CC3CC(C2)CC1C3)C(OO)C(C)(C)CC. The van der Waals surface area contributed by atoms with Crippen LogP contribution in [0.15, 0.2) is 0 Å². The van der Waals surface area contributed by atoms with Crippen LogP contribution in [0.3, 0.4) is 0 Å². The number of cyclic esters (lactones) is 2. The molecule has 39 heavy (non-hydrogen) atoms. The van der Waals surface area contributed by atoms with E-state index in [-0.39, 0.29) is 34.7 Å². The van der Waals surface area contributed by atoms with Crippen molar-refractivity contribution in [2.24, 2.45) is 64.1 Å². The Morgan fingerprint density at radius 1 is 0.949 bits per heavy atom. The molecular formula is C32H54O7. The summed E-state index contributed by atoms with van der Waals surface area (Å²) < 4.78 is 5.20. The van der Waals surface area contributed by atoms with Crippen LogP contribution in [0, 0.1) is 64.1 Å². The Morgan fingerprint density at radius 3 is 1.97 bits per heavy atom. The van der Waals surface area contributed by atoms with E-state index in [1.54, 1.807) is 0 Å². The maximum absolute atomic E-state index is 13.0. The van der Waals surface area contributed by atoms with E-state index in [0.717, 1.165) is 31.1 Å². The molecule has 5 aliphatic rings. The van der Waals surface area contributed by atoms with E-state index in [0.29, 0.717) is 24.7 Å². The van der Waals surface area contributed by atoms with Crippen molar-refractivity contribution in [3.63, 3.8) is 0 Å². The van der Waals surface area contributed by atoms with Crippen molar-refractivity contribution in [1.82, 2.24) is 0 Å². The van der Waals surface area contributed by atoms with E-state index in [9.17, 15) is 20.1 Å². The van der Waals surface area contributed by atoms with Crippen molar-refractivity contribution >= 4 is 11.9 Å². The summed E-state index contributed by atoms with van der Waals surface area (Å²) in [5.74, 6) is 0.628. The zero-order valence-electron chi connectivity index (χ0n) is 25.4. The Morgan fingerprint density at radius 2 is 1.51 bits per heavy atom. The van der Waals surface area contributed by atoms with Gasteiger partial charge in [-0.25, -0.2) is 9.78 Å². The molecule has 224 valence electrons. The van der Waals surface area contributed by atoms with Gasteiger partial charge in [0.1, 0.15) is 12.2 Å². The molecule has 0 radical (unpaired) electrons. The Balaban J connectivity index is 1.62. The average Bonchev–Trinajstić information content (AvgIpc) is 3.16. The summed E-state index contributed by atoms with van der Waals surface area (Å²) in [6.07, 6.45) is 8.74. The van der Waals surface area contributed by atoms with Crippen molar-refractivity contribution in [3.8, 4) is 0 Å². The van der Waals surface area contributed by atoms with Crippen molar-refractivity contribution in [2.45, 2.75) is 125 Å². The highest BCUT2D eigenvalue weighted by Gasteiger charge is 2.60. The number of carbonyl (C=O) groups is 2. The maximum Gasteiger partial charge on any atom is 0.317 e. The summed E-state index contributed by atoms with van der Waals surface area (Å²) in [7, 11) is 0. The van der Waals surface area contributed by atoms with Gasteiger partial charge in [0.25, 0.3) is 0 Å². The molecule has 0 amide bonds. The summed E-state index contributed by atoms with van der Waals surface area (Å²) in [5.41, 5.74) is -0.472. The Kier molecular flexibility index (Phi) is 9.57. The number of ether oxygens (including phenoxy) is 1. The van der Waals surface area contributed by atoms with Gasteiger partial charge >= 0.3 is 11.9 Å². The molecule has 0 spiro atoms. The van der Waals surface area contributed by atoms with Crippen LogP contribution >= 0.6 is 0 Å². The summed E-state index contributed by atoms with van der Waals surface area (Å²) in [6.45, 7) is 14.8. The molecule has 5 fully saturated rings. The number of hydrogen-bond acceptors (Lipinski definition) is 7. The number of rotatable bonds is 14. The molecule has 0 aromatic heterocycles. The first-order chi connectivity index (χ1) is 18.4. The normalized spacial score (nSPS) is 37.3. The van der Waals surface area contributed by atoms with Crippen LogP contribution in [-0.4, -0.2) is 34.7 Å². The van der Waals surface area contributed by atoms with Crippen LogP contribution in [0.1, 0.15) is 113 Å². The van der Waals surface area contributed by atoms with Gasteiger partial charge in [0.05, 0.1) is 11.8 Å². The zero-order chi connectivity index (χ0) is 28.7. The van der Waals surface area contributed by atoms with Crippen LogP contribution in [0.4, 0.5) is 0 Å². The van der Waals surface area contributed by atoms with E-state index >= 15 is 0 Å². The van der Waals surface area contributed by atoms with Crippen molar-refractivity contribution in [1.29, 1.82) is 0 Å². The second kappa shape index (κ2) is 12.1. The van der Waals surface area contributed by atoms with E-state index < -0.39 is 29.9 Å². The molecule has 7 nitrogen and oxygen atoms in total. The second-order valence-electron chi connectivity index (χ2n) is 14.7. The fourth-order valence-corrected chi connectivity index (χ4v) is 9.95. The predicted octanol–water partition coefficient (Wildman–Crippen LogP) is 7.39. The molecule has 5 rings (SSSR count). The van der Waals surface area contributed by atoms with Gasteiger partial charge in [0.15, 0.2) is 0 Å². The van der Waals surface area contributed by atoms with Gasteiger partial charge in [-0.05, 0) is 98.2 Å². The minimum absolute atomic E-state index is 0.0347. The smallest absolute Gasteiger partial charge is 0.317 e. The minimum Gasteiger partial charge on any atom is -0.393 e. The highest BCUT2D eigenvalue weighted by Crippen LogP contribution is 2.64. The molecule has 4 aliphatic carbocycles. The Labute approximate surface area is 235 Å². The first kappa shape index (κ1) is 30.9. The molecule has 2 N–H and O–H groups in total. The molecule has 1 heterocycles. The van der Waals surface area contributed by atoms with Gasteiger partial charge in [0, 0.05) is 5.41 Å². The largest absolute Gasteiger partial charge is 0.393 e. The first-order valence-electron chi connectivity index (χ1n) is 15.8. The van der Waals surface area contributed by atoms with Gasteiger partial charge in [-0.15, -0.1) is 0 Å². The summed E-state index contributed by atoms with van der Waals surface area (Å²) in [5, 5.41) is 20.6. The third kappa shape index (κ3) is 5.59. The van der Waals surface area contributed by atoms with Gasteiger partial charge in [-0.2, -0.15) is 0 Å². The van der Waals surface area contributed by atoms with Gasteiger partial charge in [-0.1, -0.05) is 61.3 Å². The lowest BCUT2D eigenvalue weighted by atomic mass is 9.43. The molecule has 1 saturated heterocycles. The van der Waals surface area contributed by atoms with Crippen LogP contribution in [0.25, 0.3) is 0 Å². The zero-order valence-corrected chi connectivity index (χ0v) is 25.4. The summed E-state index contributed by atoms with van der Waals surface area (Å²) in [4.78, 5) is 36.5. The fraction of sp³-hybridized carbons (Fsp3) is 0.938. The molecule has 0 aromatic carbocycles. The first-order valence-corrected chi connectivity index (χ1v) is 15.8. The molecule has 6 unspecified atom stereocenters. The third-order valence-electron chi connectivity index (χ3n) is 12.4. The minimum atomic E-state index is -0.560. The topological polar surface area (TPSA) is 102 Å². The standard InChI is InChI=1S/C32H54O7/c1-8-21(9-2)26-25(29(33)37-30(26)34)17-22(28(39-36)31(5,6)10-3)11-18(4)27(38-35)32(7)23-13-19-12-20(15-23)16-24(32)14-19/h18-28,35-36H,8-17H2,1-7H3. The van der Waals surface area contributed by atoms with Gasteiger partial charge in [-0.3, -0.25) is 20.1 Å². The quantitative estimate of drug-likeness (QED) is 0.101. The average molecular weight is 551 g/mol. The highest BCUT2D eigenvalue weighted by molar-refractivity contribution is 5.96. The highest BCUT2D eigenvalue weighted by atomic mass is 17.1. The van der Waals surface area contributed by atoms with Crippen molar-refractivity contribution < 1.29 is 34.6 Å². The lowest BCUT2D eigenvalue weighted by Gasteiger charge is -2.62. The van der Waals surface area contributed by atoms with E-state index in [1.165, 1.54) is 32.1 Å². The number of carbonyl (C=O) groups excluding carboxylic acids is 2. The molecule has 7 heteroatoms. The third-order valence-corrected chi connectivity index (χ3v) is 12.4. The van der Waals surface area contributed by atoms with Gasteiger partial charge in [0.2, 0.25) is 0 Å². The van der Waals surface area contributed by atoms with Crippen molar-refractivity contribution in [2.75, 3.05) is 0 Å². The molecule has 4 bridgehead atoms. The monoisotopic (exact) mass is 550 g/mol. The number of esters is 2. The van der Waals surface area contributed by atoms with Gasteiger partial charge < -0.3 is 4.74 Å². The van der Waals surface area contributed by atoms with Crippen LogP contribution in [0.5, 0.6) is 0 Å². The molecule has 4 saturated carbocycles. The van der Waals surface area contributed by atoms with Crippen LogP contribution in [0.2, 0.25) is 0 Å². The van der Waals surface area contributed by atoms with E-state index in [2.05, 4.69) is 48.5 Å². The molecular weight excluding hydrogens is 496 g/mol. The Bertz CT molecular complexity index is 837. The van der Waals surface area contributed by atoms with E-state index in [1.807, 2.05) is 0 Å². The molecule has 0 aromatic rings. The summed E-state index contributed by atoms with van der Waals surface area (Å²) in [6, 6.07) is 0. The summed E-state index contributed by atoms with van der Waals surface area (Å²) >= 11 is 0. The van der Waals surface area contributed by atoms with Crippen LogP contribution < -0.4 is 0 Å². The molecule has 6 atom stereocenters. The lowest BCUT2D eigenvalue weighted by molar-refractivity contribution is -0.343. The lowest BCUT2D eigenvalue weighted by Crippen LogP contribution is -2.58. The maximum atomic E-state index is 13.0. The Hall–Kier alpha value is -1.02. The van der Waals surface area contributed by atoms with E-state index in [4.69, 9.17) is 14.5 Å². The second-order valence-corrected chi connectivity index (χ2v) is 14.7. The fourth-order valence-electron chi connectivity index (χ4n) is 9.95. The molecule has 1 aliphatic heterocycles.